The van der Waals surface area contributed by atoms with Crippen LogP contribution < -0.4 is 5.48 Å². The van der Waals surface area contributed by atoms with Crippen LogP contribution in [0, 0.1) is 11.2 Å². The Balaban J connectivity index is 1.67. The second-order valence-electron chi connectivity index (χ2n) is 6.94. The maximum Gasteiger partial charge on any atom is 0.250 e. The van der Waals surface area contributed by atoms with Crippen molar-refractivity contribution >= 4 is 5.91 Å². The van der Waals surface area contributed by atoms with Crippen LogP contribution in [0.25, 0.3) is 11.4 Å². The normalized spacial score (nSPS) is 23.7. The van der Waals surface area contributed by atoms with E-state index in [1.807, 2.05) is 67.0 Å². The predicted molar refractivity (Wildman–Crippen MR) is 97.4 cm³/mol. The van der Waals surface area contributed by atoms with E-state index < -0.39 is 17.1 Å². The van der Waals surface area contributed by atoms with Gasteiger partial charge < -0.3 is 0 Å². The molecule has 0 spiro atoms. The monoisotopic (exact) mass is 363 g/mol. The molecule has 0 unspecified atom stereocenters. The van der Waals surface area contributed by atoms with Crippen LogP contribution in [0.5, 0.6) is 0 Å². The molecule has 0 saturated heterocycles. The molecule has 136 valence electrons. The lowest BCUT2D eigenvalue weighted by Gasteiger charge is -2.09. The zero-order valence-electron chi connectivity index (χ0n) is 14.6. The van der Waals surface area contributed by atoms with Crippen LogP contribution >= 0.6 is 0 Å². The summed E-state index contributed by atoms with van der Waals surface area (Å²) in [4.78, 5) is 20.3. The number of benzene rings is 2. The van der Waals surface area contributed by atoms with Crippen LogP contribution in [0.2, 0.25) is 0 Å². The quantitative estimate of drug-likeness (QED) is 0.548. The van der Waals surface area contributed by atoms with E-state index in [4.69, 9.17) is 0 Å². The van der Waals surface area contributed by atoms with Gasteiger partial charge in [-0.15, -0.1) is 0 Å². The fourth-order valence-electron chi connectivity index (χ4n) is 3.95. The van der Waals surface area contributed by atoms with Crippen molar-refractivity contribution in [2.75, 3.05) is 0 Å². The van der Waals surface area contributed by atoms with Gasteiger partial charge in [0, 0.05) is 17.4 Å². The largest absolute Gasteiger partial charge is 0.289 e. The van der Waals surface area contributed by atoms with Crippen molar-refractivity contribution in [2.45, 2.75) is 18.8 Å². The summed E-state index contributed by atoms with van der Waals surface area (Å²) in [6.07, 6.45) is 2.26. The molecule has 1 saturated carbocycles. The van der Waals surface area contributed by atoms with Gasteiger partial charge in [-0.3, -0.25) is 10.0 Å². The minimum absolute atomic E-state index is 0.0289. The minimum atomic E-state index is -0.732. The molecule has 2 N–H and O–H groups in total. The van der Waals surface area contributed by atoms with E-state index in [1.54, 1.807) is 0 Å². The number of hydrogen-bond acceptors (Lipinski definition) is 4. The lowest BCUT2D eigenvalue weighted by atomic mass is 9.99. The summed E-state index contributed by atoms with van der Waals surface area (Å²) in [6.45, 7) is 1.86. The summed E-state index contributed by atoms with van der Waals surface area (Å²) in [6, 6.07) is 17.4. The third-order valence-electron chi connectivity index (χ3n) is 5.41. The zero-order valence-corrected chi connectivity index (χ0v) is 14.6. The van der Waals surface area contributed by atoms with Crippen molar-refractivity contribution in [3.8, 4) is 11.4 Å². The van der Waals surface area contributed by atoms with Gasteiger partial charge in [0.05, 0.1) is 17.8 Å². The van der Waals surface area contributed by atoms with E-state index in [0.29, 0.717) is 5.82 Å². The smallest absolute Gasteiger partial charge is 0.250 e. The molecule has 2 aromatic carbocycles. The van der Waals surface area contributed by atoms with E-state index in [0.717, 1.165) is 29.1 Å². The average molecular weight is 363 g/mol. The first kappa shape index (κ1) is 17.3. The van der Waals surface area contributed by atoms with Gasteiger partial charge in [0.1, 0.15) is 0 Å². The van der Waals surface area contributed by atoms with Crippen molar-refractivity contribution < 1.29 is 14.4 Å². The van der Waals surface area contributed by atoms with Gasteiger partial charge in [-0.05, 0) is 18.1 Å². The Kier molecular flexibility index (Phi) is 4.20. The van der Waals surface area contributed by atoms with Crippen molar-refractivity contribution in [3.63, 3.8) is 0 Å². The molecule has 6 heteroatoms. The van der Waals surface area contributed by atoms with Crippen LogP contribution in [-0.2, 0) is 4.79 Å². The molecule has 0 aliphatic heterocycles. The van der Waals surface area contributed by atoms with Crippen LogP contribution in [0.1, 0.15) is 29.9 Å². The topological polar surface area (TPSA) is 75.1 Å². The van der Waals surface area contributed by atoms with Gasteiger partial charge in [0.2, 0.25) is 0 Å². The highest BCUT2D eigenvalue weighted by molar-refractivity contribution is 5.88. The number of carbonyl (C=O) groups excluding carboxylic acids is 1. The van der Waals surface area contributed by atoms with Crippen LogP contribution in [0.15, 0.2) is 67.0 Å². The summed E-state index contributed by atoms with van der Waals surface area (Å²) in [7, 11) is 0. The highest BCUT2D eigenvalue weighted by Crippen LogP contribution is 2.70. The van der Waals surface area contributed by atoms with Gasteiger partial charge in [-0.2, -0.15) is 0 Å². The third-order valence-corrected chi connectivity index (χ3v) is 5.41. The number of halogens is 1. The van der Waals surface area contributed by atoms with Gasteiger partial charge >= 0.3 is 0 Å². The van der Waals surface area contributed by atoms with Crippen molar-refractivity contribution in [1.29, 1.82) is 0 Å². The van der Waals surface area contributed by atoms with Crippen LogP contribution in [0.4, 0.5) is 4.39 Å². The SMILES string of the molecule is C[C@@]1(C(=O)NO)[C@H](c2ccccc2)[C@H]1c1ccc(-c2ncc(F)cn2)cc1. The van der Waals surface area contributed by atoms with Crippen molar-refractivity contribution in [1.82, 2.24) is 15.4 Å². The average Bonchev–Trinajstić information content (AvgIpc) is 3.35. The fourth-order valence-corrected chi connectivity index (χ4v) is 3.95. The highest BCUT2D eigenvalue weighted by Gasteiger charge is 2.67. The molecule has 3 aromatic rings. The number of hydrogen-bond donors (Lipinski definition) is 2. The molecule has 1 heterocycles. The van der Waals surface area contributed by atoms with E-state index >= 15 is 0 Å². The molecule has 4 rings (SSSR count). The highest BCUT2D eigenvalue weighted by atomic mass is 19.1. The summed E-state index contributed by atoms with van der Waals surface area (Å²) in [5.41, 5.74) is 3.89. The third kappa shape index (κ3) is 2.88. The first-order valence-electron chi connectivity index (χ1n) is 8.63. The van der Waals surface area contributed by atoms with E-state index in [-0.39, 0.29) is 11.8 Å². The standard InChI is InChI=1S/C21H18FN3O2/c1-21(20(26)25-27)17(13-5-3-2-4-6-13)18(21)14-7-9-15(10-8-14)19-23-11-16(22)12-24-19/h2-12,17-18,27H,1H3,(H,25,26)/t17-,18-,21-/m1/s1. The number of hydroxylamine groups is 1. The number of nitrogens with zero attached hydrogens (tertiary/aromatic N) is 2. The van der Waals surface area contributed by atoms with Gasteiger partial charge in [-0.1, -0.05) is 54.6 Å². The van der Waals surface area contributed by atoms with E-state index in [9.17, 15) is 14.4 Å². The van der Waals surface area contributed by atoms with E-state index in [1.165, 1.54) is 0 Å². The molecule has 1 amide bonds. The maximum atomic E-state index is 13.0. The van der Waals surface area contributed by atoms with Crippen molar-refractivity contribution in [2.24, 2.45) is 5.41 Å². The Labute approximate surface area is 155 Å². The molecule has 1 aromatic heterocycles. The van der Waals surface area contributed by atoms with Crippen LogP contribution in [-0.4, -0.2) is 21.1 Å². The maximum absolute atomic E-state index is 13.0. The number of carbonyl (C=O) groups is 1. The summed E-state index contributed by atoms with van der Waals surface area (Å²) >= 11 is 0. The second-order valence-corrected chi connectivity index (χ2v) is 6.94. The second kappa shape index (κ2) is 6.55. The molecule has 1 aliphatic carbocycles. The molecule has 3 atom stereocenters. The van der Waals surface area contributed by atoms with E-state index in [2.05, 4.69) is 9.97 Å². The number of nitrogens with one attached hydrogen (secondary N) is 1. The lowest BCUT2D eigenvalue weighted by Crippen LogP contribution is -2.29. The summed E-state index contributed by atoms with van der Waals surface area (Å²) < 4.78 is 13.0. The molecule has 0 bridgehead atoms. The fraction of sp³-hybridized carbons (Fsp3) is 0.190. The molecule has 27 heavy (non-hydrogen) atoms. The number of aromatic nitrogens is 2. The van der Waals surface area contributed by atoms with Crippen LogP contribution in [0.3, 0.4) is 0 Å². The first-order valence-corrected chi connectivity index (χ1v) is 8.63. The number of amides is 1. The lowest BCUT2D eigenvalue weighted by molar-refractivity contribution is -0.134. The van der Waals surface area contributed by atoms with Gasteiger partial charge in [0.25, 0.3) is 5.91 Å². The Hall–Kier alpha value is -3.12. The molecule has 5 nitrogen and oxygen atoms in total. The Morgan fingerprint density at radius 2 is 1.56 bits per heavy atom. The first-order chi connectivity index (χ1) is 13.1. The Morgan fingerprint density at radius 3 is 2.11 bits per heavy atom. The van der Waals surface area contributed by atoms with Gasteiger partial charge in [-0.25, -0.2) is 19.8 Å². The summed E-state index contributed by atoms with van der Waals surface area (Å²) in [5, 5.41) is 9.21. The molecule has 1 fully saturated rings. The molecule has 0 radical (unpaired) electrons. The van der Waals surface area contributed by atoms with Crippen molar-refractivity contribution in [3.05, 3.63) is 83.9 Å². The molecular formula is C21H18FN3O2. The van der Waals surface area contributed by atoms with Gasteiger partial charge in [0.15, 0.2) is 11.6 Å². The molecular weight excluding hydrogens is 345 g/mol. The predicted octanol–water partition coefficient (Wildman–Crippen LogP) is 3.68. The Bertz CT molecular complexity index is 961. The summed E-state index contributed by atoms with van der Waals surface area (Å²) in [5.74, 6) is -0.527. The Morgan fingerprint density at radius 1 is 1.00 bits per heavy atom. The number of rotatable bonds is 4. The zero-order chi connectivity index (χ0) is 19.0. The minimum Gasteiger partial charge on any atom is -0.289 e. The molecule has 1 aliphatic rings.